The van der Waals surface area contributed by atoms with Gasteiger partial charge in [-0.3, -0.25) is 4.79 Å². The summed E-state index contributed by atoms with van der Waals surface area (Å²) in [5.41, 5.74) is 5.97. The monoisotopic (exact) mass is 254 g/mol. The molecule has 2 aliphatic rings. The third-order valence-corrected chi connectivity index (χ3v) is 4.61. The van der Waals surface area contributed by atoms with Gasteiger partial charge in [-0.2, -0.15) is 0 Å². The van der Waals surface area contributed by atoms with E-state index in [1.165, 1.54) is 0 Å². The molecule has 1 unspecified atom stereocenters. The number of amides is 1. The zero-order valence-corrected chi connectivity index (χ0v) is 11.7. The van der Waals surface area contributed by atoms with Gasteiger partial charge in [0.15, 0.2) is 0 Å². The molecule has 0 radical (unpaired) electrons. The Morgan fingerprint density at radius 2 is 2.00 bits per heavy atom. The van der Waals surface area contributed by atoms with Crippen molar-refractivity contribution in [2.75, 3.05) is 19.8 Å². The molecule has 2 fully saturated rings. The van der Waals surface area contributed by atoms with Crippen LogP contribution in [0.2, 0.25) is 0 Å². The van der Waals surface area contributed by atoms with Gasteiger partial charge in [-0.15, -0.1) is 0 Å². The number of carbonyl (C=O) groups excluding carboxylic acids is 1. The van der Waals surface area contributed by atoms with E-state index in [0.717, 1.165) is 45.4 Å². The molecular formula is C14H26N2O2. The maximum absolute atomic E-state index is 12.5. The summed E-state index contributed by atoms with van der Waals surface area (Å²) >= 11 is 0. The number of nitrogens with two attached hydrogens (primary N) is 1. The van der Waals surface area contributed by atoms with E-state index in [-0.39, 0.29) is 17.5 Å². The molecule has 0 aliphatic carbocycles. The highest BCUT2D eigenvalue weighted by molar-refractivity contribution is 5.77. The topological polar surface area (TPSA) is 55.6 Å². The molecule has 104 valence electrons. The predicted molar refractivity (Wildman–Crippen MR) is 71.2 cm³/mol. The van der Waals surface area contributed by atoms with Crippen LogP contribution < -0.4 is 5.73 Å². The van der Waals surface area contributed by atoms with Crippen molar-refractivity contribution in [3.05, 3.63) is 0 Å². The quantitative estimate of drug-likeness (QED) is 0.813. The van der Waals surface area contributed by atoms with Crippen LogP contribution in [0.25, 0.3) is 0 Å². The maximum atomic E-state index is 12.5. The summed E-state index contributed by atoms with van der Waals surface area (Å²) < 4.78 is 5.34. The highest BCUT2D eigenvalue weighted by atomic mass is 16.5. The average molecular weight is 254 g/mol. The number of carbonyl (C=O) groups is 1. The average Bonchev–Trinajstić information content (AvgIpc) is 2.33. The lowest BCUT2D eigenvalue weighted by Crippen LogP contribution is -2.61. The van der Waals surface area contributed by atoms with Crippen molar-refractivity contribution in [1.82, 2.24) is 4.90 Å². The van der Waals surface area contributed by atoms with Gasteiger partial charge in [0, 0.05) is 32.2 Å². The Hall–Kier alpha value is -0.610. The Bertz CT molecular complexity index is 298. The van der Waals surface area contributed by atoms with E-state index in [9.17, 15) is 4.79 Å². The number of rotatable bonds is 2. The van der Waals surface area contributed by atoms with Gasteiger partial charge < -0.3 is 15.4 Å². The molecule has 0 aromatic carbocycles. The Labute approximate surface area is 110 Å². The minimum atomic E-state index is -0.194. The maximum Gasteiger partial charge on any atom is 0.223 e. The molecule has 4 heteroatoms. The number of hydrogen-bond acceptors (Lipinski definition) is 3. The van der Waals surface area contributed by atoms with E-state index in [1.54, 1.807) is 0 Å². The first kappa shape index (κ1) is 13.8. The second-order valence-electron chi connectivity index (χ2n) is 6.21. The first-order valence-corrected chi connectivity index (χ1v) is 7.15. The third-order valence-electron chi connectivity index (χ3n) is 4.61. The summed E-state index contributed by atoms with van der Waals surface area (Å²) in [7, 11) is 0. The molecule has 0 saturated carbocycles. The molecule has 0 spiro atoms. The fraction of sp³-hybridized carbons (Fsp3) is 0.929. The zero-order valence-electron chi connectivity index (χ0n) is 11.7. The van der Waals surface area contributed by atoms with Crippen molar-refractivity contribution in [2.24, 2.45) is 11.7 Å². The van der Waals surface area contributed by atoms with Crippen LogP contribution in [-0.4, -0.2) is 42.1 Å². The van der Waals surface area contributed by atoms with Crippen LogP contribution in [-0.2, 0) is 9.53 Å². The van der Waals surface area contributed by atoms with Crippen LogP contribution in [0.15, 0.2) is 0 Å². The van der Waals surface area contributed by atoms with Gasteiger partial charge in [0.1, 0.15) is 0 Å². The standard InChI is InChI=1S/C14H26N2O2/c1-14(2)12(15)4-3-7-16(14)13(17)10-11-5-8-18-9-6-11/h11-12H,3-10,15H2,1-2H3. The lowest BCUT2D eigenvalue weighted by Gasteiger charge is -2.47. The molecule has 2 aliphatic heterocycles. The highest BCUT2D eigenvalue weighted by Crippen LogP contribution is 2.29. The molecule has 0 aromatic rings. The van der Waals surface area contributed by atoms with E-state index >= 15 is 0 Å². The third kappa shape index (κ3) is 2.86. The fourth-order valence-corrected chi connectivity index (χ4v) is 3.06. The summed E-state index contributed by atoms with van der Waals surface area (Å²) in [6.07, 6.45) is 4.76. The Balaban J connectivity index is 1.94. The zero-order chi connectivity index (χ0) is 13.2. The molecule has 2 heterocycles. The summed E-state index contributed by atoms with van der Waals surface area (Å²) in [6.45, 7) is 6.67. The lowest BCUT2D eigenvalue weighted by molar-refractivity contribution is -0.141. The Kier molecular flexibility index (Phi) is 4.28. The van der Waals surface area contributed by atoms with Crippen LogP contribution in [0.3, 0.4) is 0 Å². The van der Waals surface area contributed by atoms with Gasteiger partial charge >= 0.3 is 0 Å². The highest BCUT2D eigenvalue weighted by Gasteiger charge is 2.39. The predicted octanol–water partition coefficient (Wildman–Crippen LogP) is 1.53. The van der Waals surface area contributed by atoms with E-state index in [2.05, 4.69) is 13.8 Å². The summed E-state index contributed by atoms with van der Waals surface area (Å²) in [4.78, 5) is 14.5. The smallest absolute Gasteiger partial charge is 0.223 e. The number of nitrogens with zero attached hydrogens (tertiary/aromatic N) is 1. The van der Waals surface area contributed by atoms with Gasteiger partial charge in [0.25, 0.3) is 0 Å². The number of ether oxygens (including phenoxy) is 1. The molecule has 2 rings (SSSR count). The van der Waals surface area contributed by atoms with Crippen LogP contribution in [0, 0.1) is 5.92 Å². The fourth-order valence-electron chi connectivity index (χ4n) is 3.06. The summed E-state index contributed by atoms with van der Waals surface area (Å²) in [6, 6.07) is 0.102. The first-order chi connectivity index (χ1) is 8.51. The first-order valence-electron chi connectivity index (χ1n) is 7.15. The second-order valence-corrected chi connectivity index (χ2v) is 6.21. The number of piperidine rings is 1. The molecule has 0 bridgehead atoms. The van der Waals surface area contributed by atoms with Crippen LogP contribution in [0.1, 0.15) is 46.0 Å². The van der Waals surface area contributed by atoms with E-state index in [1.807, 2.05) is 4.90 Å². The van der Waals surface area contributed by atoms with E-state index in [0.29, 0.717) is 12.3 Å². The molecule has 1 atom stereocenters. The molecule has 18 heavy (non-hydrogen) atoms. The van der Waals surface area contributed by atoms with Crippen molar-refractivity contribution in [3.63, 3.8) is 0 Å². The number of likely N-dealkylation sites (tertiary alicyclic amines) is 1. The van der Waals surface area contributed by atoms with Crippen molar-refractivity contribution in [2.45, 2.75) is 57.5 Å². The molecule has 2 N–H and O–H groups in total. The van der Waals surface area contributed by atoms with E-state index in [4.69, 9.17) is 10.5 Å². The van der Waals surface area contributed by atoms with Gasteiger partial charge in [-0.25, -0.2) is 0 Å². The lowest BCUT2D eigenvalue weighted by atomic mass is 9.84. The van der Waals surface area contributed by atoms with Crippen molar-refractivity contribution in [1.29, 1.82) is 0 Å². The second kappa shape index (κ2) is 5.57. The van der Waals surface area contributed by atoms with Gasteiger partial charge in [-0.1, -0.05) is 0 Å². The molecule has 4 nitrogen and oxygen atoms in total. The summed E-state index contributed by atoms with van der Waals surface area (Å²) in [5, 5.41) is 0. The largest absolute Gasteiger partial charge is 0.381 e. The SMILES string of the molecule is CC1(C)C(N)CCCN1C(=O)CC1CCOCC1. The van der Waals surface area contributed by atoms with Crippen molar-refractivity contribution in [3.8, 4) is 0 Å². The molecule has 0 aromatic heterocycles. The van der Waals surface area contributed by atoms with Gasteiger partial charge in [-0.05, 0) is 45.4 Å². The van der Waals surface area contributed by atoms with E-state index < -0.39 is 0 Å². The summed E-state index contributed by atoms with van der Waals surface area (Å²) in [5.74, 6) is 0.780. The van der Waals surface area contributed by atoms with Crippen molar-refractivity contribution >= 4 is 5.91 Å². The van der Waals surface area contributed by atoms with Crippen LogP contribution in [0.4, 0.5) is 0 Å². The molecule has 2 saturated heterocycles. The molecule has 1 amide bonds. The normalized spacial score (nSPS) is 29.3. The minimum Gasteiger partial charge on any atom is -0.381 e. The van der Waals surface area contributed by atoms with Crippen LogP contribution in [0.5, 0.6) is 0 Å². The van der Waals surface area contributed by atoms with Gasteiger partial charge in [0.05, 0.1) is 5.54 Å². The minimum absolute atomic E-state index is 0.102. The molecular weight excluding hydrogens is 228 g/mol. The Morgan fingerprint density at radius 3 is 2.67 bits per heavy atom. The van der Waals surface area contributed by atoms with Crippen molar-refractivity contribution < 1.29 is 9.53 Å². The van der Waals surface area contributed by atoms with Crippen LogP contribution >= 0.6 is 0 Å². The number of hydrogen-bond donors (Lipinski definition) is 1. The van der Waals surface area contributed by atoms with Gasteiger partial charge in [0.2, 0.25) is 5.91 Å². The Morgan fingerprint density at radius 1 is 1.33 bits per heavy atom.